The first-order valence-corrected chi connectivity index (χ1v) is 6.35. The molecule has 1 fully saturated rings. The van der Waals surface area contributed by atoms with Crippen molar-refractivity contribution in [2.45, 2.75) is 19.1 Å². The second-order valence-corrected chi connectivity index (χ2v) is 4.93. The highest BCUT2D eigenvalue weighted by Crippen LogP contribution is 2.36. The molecule has 0 radical (unpaired) electrons. The molecule has 1 aliphatic rings. The van der Waals surface area contributed by atoms with Gasteiger partial charge in [0.2, 0.25) is 0 Å². The van der Waals surface area contributed by atoms with Crippen LogP contribution >= 0.6 is 11.6 Å². The molecule has 0 aromatic heterocycles. The van der Waals surface area contributed by atoms with Gasteiger partial charge in [-0.25, -0.2) is 0 Å². The van der Waals surface area contributed by atoms with Gasteiger partial charge in [0.1, 0.15) is 5.69 Å². The summed E-state index contributed by atoms with van der Waals surface area (Å²) >= 11 is 6.10. The molecule has 7 heteroatoms. The number of aliphatic hydroxyl groups is 1. The Balaban J connectivity index is 2.37. The van der Waals surface area contributed by atoms with Gasteiger partial charge in [-0.3, -0.25) is 10.1 Å². The van der Waals surface area contributed by atoms with Crippen LogP contribution in [0.5, 0.6) is 0 Å². The number of nitro benzene ring substituents is 1. The Morgan fingerprint density at radius 2 is 2.32 bits per heavy atom. The molecule has 0 amide bonds. The van der Waals surface area contributed by atoms with Gasteiger partial charge in [-0.15, -0.1) is 0 Å². The van der Waals surface area contributed by atoms with E-state index in [-0.39, 0.29) is 24.5 Å². The summed E-state index contributed by atoms with van der Waals surface area (Å²) < 4.78 is 5.52. The van der Waals surface area contributed by atoms with E-state index in [0.717, 1.165) is 0 Å². The number of aliphatic hydroxyl groups excluding tert-OH is 1. The Bertz CT molecular complexity index is 483. The lowest BCUT2D eigenvalue weighted by molar-refractivity contribution is -0.384. The van der Waals surface area contributed by atoms with Gasteiger partial charge in [0.15, 0.2) is 0 Å². The highest BCUT2D eigenvalue weighted by atomic mass is 35.5. The van der Waals surface area contributed by atoms with Crippen LogP contribution in [0.2, 0.25) is 5.02 Å². The topological polar surface area (TPSA) is 75.8 Å². The van der Waals surface area contributed by atoms with Gasteiger partial charge in [0.25, 0.3) is 5.69 Å². The molecule has 0 aliphatic carbocycles. The minimum Gasteiger partial charge on any atom is -0.394 e. The van der Waals surface area contributed by atoms with E-state index in [1.165, 1.54) is 6.07 Å². The SMILES string of the molecule is CC1CN(c2c(Cl)cccc2[N+](=O)[O-])CC(CO)O1. The van der Waals surface area contributed by atoms with Gasteiger partial charge in [0.05, 0.1) is 28.8 Å². The van der Waals surface area contributed by atoms with E-state index < -0.39 is 4.92 Å². The van der Waals surface area contributed by atoms with Crippen LogP contribution in [0.25, 0.3) is 0 Å². The summed E-state index contributed by atoms with van der Waals surface area (Å²) in [4.78, 5) is 12.4. The molecule has 2 atom stereocenters. The molecule has 1 aliphatic heterocycles. The number of ether oxygens (including phenoxy) is 1. The molecule has 19 heavy (non-hydrogen) atoms. The van der Waals surface area contributed by atoms with Crippen LogP contribution in [-0.4, -0.2) is 41.9 Å². The third kappa shape index (κ3) is 2.97. The molecule has 104 valence electrons. The average Bonchev–Trinajstić information content (AvgIpc) is 2.37. The van der Waals surface area contributed by atoms with Crippen LogP contribution in [0.4, 0.5) is 11.4 Å². The van der Waals surface area contributed by atoms with E-state index in [4.69, 9.17) is 16.3 Å². The number of rotatable bonds is 3. The highest BCUT2D eigenvalue weighted by Gasteiger charge is 2.30. The summed E-state index contributed by atoms with van der Waals surface area (Å²) in [6.07, 6.45) is -0.485. The van der Waals surface area contributed by atoms with Gasteiger partial charge < -0.3 is 14.7 Å². The molecule has 0 spiro atoms. The molecule has 1 aromatic carbocycles. The number of para-hydroxylation sites is 1. The third-order valence-corrected chi connectivity index (χ3v) is 3.31. The second-order valence-electron chi connectivity index (χ2n) is 4.52. The largest absolute Gasteiger partial charge is 0.394 e. The van der Waals surface area contributed by atoms with Crippen molar-refractivity contribution >= 4 is 23.0 Å². The van der Waals surface area contributed by atoms with Crippen molar-refractivity contribution < 1.29 is 14.8 Å². The Morgan fingerprint density at radius 3 is 2.95 bits per heavy atom. The van der Waals surface area contributed by atoms with E-state index in [1.807, 2.05) is 6.92 Å². The van der Waals surface area contributed by atoms with Gasteiger partial charge >= 0.3 is 0 Å². The van der Waals surface area contributed by atoms with Gasteiger partial charge in [0, 0.05) is 19.2 Å². The molecule has 0 saturated carbocycles. The molecule has 6 nitrogen and oxygen atoms in total. The van der Waals surface area contributed by atoms with E-state index in [1.54, 1.807) is 17.0 Å². The van der Waals surface area contributed by atoms with E-state index >= 15 is 0 Å². The maximum atomic E-state index is 11.1. The lowest BCUT2D eigenvalue weighted by atomic mass is 10.1. The van der Waals surface area contributed by atoms with Crippen molar-refractivity contribution in [1.29, 1.82) is 0 Å². The maximum absolute atomic E-state index is 11.1. The first-order valence-electron chi connectivity index (χ1n) is 5.97. The fraction of sp³-hybridized carbons (Fsp3) is 0.500. The van der Waals surface area contributed by atoms with Crippen molar-refractivity contribution in [3.8, 4) is 0 Å². The summed E-state index contributed by atoms with van der Waals surface area (Å²) in [5.41, 5.74) is 0.362. The third-order valence-electron chi connectivity index (χ3n) is 3.01. The molecule has 1 heterocycles. The van der Waals surface area contributed by atoms with Crippen molar-refractivity contribution in [3.05, 3.63) is 33.3 Å². The molecule has 2 unspecified atom stereocenters. The minimum atomic E-state index is -0.449. The number of anilines is 1. The van der Waals surface area contributed by atoms with E-state index in [9.17, 15) is 15.2 Å². The first-order chi connectivity index (χ1) is 9.02. The molecule has 2 rings (SSSR count). The Morgan fingerprint density at radius 1 is 1.58 bits per heavy atom. The molecule has 0 bridgehead atoms. The summed E-state index contributed by atoms with van der Waals surface area (Å²) in [7, 11) is 0. The number of morpholine rings is 1. The van der Waals surface area contributed by atoms with E-state index in [0.29, 0.717) is 23.8 Å². The summed E-state index contributed by atoms with van der Waals surface area (Å²) in [5.74, 6) is 0. The zero-order chi connectivity index (χ0) is 14.0. The zero-order valence-electron chi connectivity index (χ0n) is 10.5. The van der Waals surface area contributed by atoms with E-state index in [2.05, 4.69) is 0 Å². The molecule has 1 aromatic rings. The van der Waals surface area contributed by atoms with Crippen molar-refractivity contribution in [1.82, 2.24) is 0 Å². The molecule has 1 N–H and O–H groups in total. The molecule has 1 saturated heterocycles. The summed E-state index contributed by atoms with van der Waals surface area (Å²) in [6, 6.07) is 4.60. The fourth-order valence-corrected chi connectivity index (χ4v) is 2.58. The van der Waals surface area contributed by atoms with Crippen LogP contribution in [0.3, 0.4) is 0 Å². The summed E-state index contributed by atoms with van der Waals surface area (Å²) in [5, 5.41) is 20.6. The Labute approximate surface area is 115 Å². The highest BCUT2D eigenvalue weighted by molar-refractivity contribution is 6.33. The van der Waals surface area contributed by atoms with Crippen LogP contribution in [0.1, 0.15) is 6.92 Å². The van der Waals surface area contributed by atoms with Gasteiger partial charge in [-0.1, -0.05) is 17.7 Å². The predicted octanol–water partition coefficient (Wildman–Crippen LogP) is 1.83. The first kappa shape index (κ1) is 14.0. The normalized spacial score (nSPS) is 23.4. The number of nitrogens with zero attached hydrogens (tertiary/aromatic N) is 2. The Hall–Kier alpha value is -1.37. The Kier molecular flexibility index (Phi) is 4.24. The fourth-order valence-electron chi connectivity index (χ4n) is 2.29. The lowest BCUT2D eigenvalue weighted by Gasteiger charge is -2.37. The zero-order valence-corrected chi connectivity index (χ0v) is 11.2. The van der Waals surface area contributed by atoms with Crippen molar-refractivity contribution in [3.63, 3.8) is 0 Å². The molecular weight excluding hydrogens is 272 g/mol. The predicted molar refractivity (Wildman–Crippen MR) is 71.7 cm³/mol. The number of hydrogen-bond donors (Lipinski definition) is 1. The minimum absolute atomic E-state index is 0.0294. The summed E-state index contributed by atoms with van der Waals surface area (Å²) in [6.45, 7) is 2.61. The number of benzene rings is 1. The van der Waals surface area contributed by atoms with Crippen LogP contribution in [-0.2, 0) is 4.74 Å². The second kappa shape index (κ2) is 5.73. The van der Waals surface area contributed by atoms with Crippen LogP contribution in [0.15, 0.2) is 18.2 Å². The standard InChI is InChI=1S/C12H15ClN2O4/c1-8-5-14(6-9(7-16)19-8)12-10(13)3-2-4-11(12)15(17)18/h2-4,8-9,16H,5-7H2,1H3. The van der Waals surface area contributed by atoms with Gasteiger partial charge in [-0.05, 0) is 13.0 Å². The number of nitro groups is 1. The quantitative estimate of drug-likeness (QED) is 0.678. The molecular formula is C12H15ClN2O4. The number of halogens is 1. The maximum Gasteiger partial charge on any atom is 0.294 e. The van der Waals surface area contributed by atoms with Crippen molar-refractivity contribution in [2.24, 2.45) is 0 Å². The average molecular weight is 287 g/mol. The lowest BCUT2D eigenvalue weighted by Crippen LogP contribution is -2.48. The smallest absolute Gasteiger partial charge is 0.294 e. The van der Waals surface area contributed by atoms with Crippen LogP contribution < -0.4 is 4.90 Å². The van der Waals surface area contributed by atoms with Crippen LogP contribution in [0, 0.1) is 10.1 Å². The monoisotopic (exact) mass is 286 g/mol. The number of hydrogen-bond acceptors (Lipinski definition) is 5. The van der Waals surface area contributed by atoms with Gasteiger partial charge in [-0.2, -0.15) is 0 Å². The van der Waals surface area contributed by atoms with Crippen molar-refractivity contribution in [2.75, 3.05) is 24.6 Å².